The van der Waals surface area contributed by atoms with Crippen LogP contribution in [0.5, 0.6) is 5.75 Å². The number of rotatable bonds is 3. The van der Waals surface area contributed by atoms with Crippen molar-refractivity contribution in [2.45, 2.75) is 18.8 Å². The zero-order chi connectivity index (χ0) is 16.4. The lowest BCUT2D eigenvalue weighted by molar-refractivity contribution is -0.116. The van der Waals surface area contributed by atoms with E-state index in [1.54, 1.807) is 24.3 Å². The molecule has 0 N–H and O–H groups in total. The van der Waals surface area contributed by atoms with E-state index in [0.29, 0.717) is 29.7 Å². The van der Waals surface area contributed by atoms with Gasteiger partial charge in [0, 0.05) is 17.5 Å². The van der Waals surface area contributed by atoms with Gasteiger partial charge < -0.3 is 4.74 Å². The van der Waals surface area contributed by atoms with E-state index in [1.165, 1.54) is 31.4 Å². The maximum atomic E-state index is 14.1. The average Bonchev–Trinajstić information content (AvgIpc) is 2.55. The van der Waals surface area contributed by atoms with Gasteiger partial charge in [-0.3, -0.25) is 4.79 Å². The van der Waals surface area contributed by atoms with E-state index < -0.39 is 5.82 Å². The quantitative estimate of drug-likeness (QED) is 0.833. The molecule has 0 radical (unpaired) electrons. The molecule has 0 saturated heterocycles. The summed E-state index contributed by atoms with van der Waals surface area (Å²) in [6, 6.07) is 10.6. The summed E-state index contributed by atoms with van der Waals surface area (Å²) in [7, 11) is 1.48. The third kappa shape index (κ3) is 3.16. The van der Waals surface area contributed by atoms with Crippen molar-refractivity contribution in [2.75, 3.05) is 7.11 Å². The van der Waals surface area contributed by atoms with E-state index in [9.17, 15) is 13.6 Å². The highest BCUT2D eigenvalue weighted by Gasteiger charge is 2.25. The van der Waals surface area contributed by atoms with Crippen LogP contribution in [0.2, 0.25) is 0 Å². The molecular weight excluding hydrogens is 298 g/mol. The van der Waals surface area contributed by atoms with Crippen LogP contribution in [0.4, 0.5) is 8.78 Å². The molecule has 0 spiro atoms. The molecular formula is C19H16F2O2. The molecule has 2 aromatic carbocycles. The number of halogens is 2. The third-order valence-corrected chi connectivity index (χ3v) is 4.16. The maximum Gasteiger partial charge on any atom is 0.163 e. The Kier molecular flexibility index (Phi) is 4.24. The normalized spacial score (nSPS) is 17.8. The first-order valence-corrected chi connectivity index (χ1v) is 7.42. The first-order valence-electron chi connectivity index (χ1n) is 7.42. The van der Waals surface area contributed by atoms with Crippen LogP contribution in [-0.2, 0) is 4.79 Å². The number of allylic oxidation sites excluding steroid dienone is 2. The highest BCUT2D eigenvalue weighted by atomic mass is 19.1. The van der Waals surface area contributed by atoms with Gasteiger partial charge in [0.1, 0.15) is 17.4 Å². The number of hydrogen-bond donors (Lipinski definition) is 0. The number of benzene rings is 2. The second-order valence-electron chi connectivity index (χ2n) is 5.56. The van der Waals surface area contributed by atoms with Gasteiger partial charge in [0.2, 0.25) is 0 Å². The van der Waals surface area contributed by atoms with Crippen LogP contribution in [0.3, 0.4) is 0 Å². The van der Waals surface area contributed by atoms with E-state index in [-0.39, 0.29) is 17.5 Å². The Hall–Kier alpha value is -2.49. The number of ether oxygens (including phenoxy) is 1. The fourth-order valence-corrected chi connectivity index (χ4v) is 2.91. The van der Waals surface area contributed by atoms with Gasteiger partial charge in [0.25, 0.3) is 0 Å². The average molecular weight is 314 g/mol. The zero-order valence-corrected chi connectivity index (χ0v) is 12.7. The van der Waals surface area contributed by atoms with Crippen LogP contribution < -0.4 is 4.74 Å². The summed E-state index contributed by atoms with van der Waals surface area (Å²) >= 11 is 0. The fourth-order valence-electron chi connectivity index (χ4n) is 2.91. The van der Waals surface area contributed by atoms with Gasteiger partial charge in [-0.2, -0.15) is 0 Å². The summed E-state index contributed by atoms with van der Waals surface area (Å²) in [6.45, 7) is 0. The monoisotopic (exact) mass is 314 g/mol. The molecule has 1 aliphatic carbocycles. The smallest absolute Gasteiger partial charge is 0.163 e. The van der Waals surface area contributed by atoms with Gasteiger partial charge in [-0.1, -0.05) is 12.1 Å². The van der Waals surface area contributed by atoms with Crippen LogP contribution in [0.15, 0.2) is 48.5 Å². The van der Waals surface area contributed by atoms with Crippen molar-refractivity contribution in [1.29, 1.82) is 0 Å². The molecule has 1 aliphatic rings. The van der Waals surface area contributed by atoms with E-state index >= 15 is 0 Å². The van der Waals surface area contributed by atoms with Gasteiger partial charge in [-0.15, -0.1) is 0 Å². The summed E-state index contributed by atoms with van der Waals surface area (Å²) in [5, 5.41) is 0. The first kappa shape index (κ1) is 15.4. The summed E-state index contributed by atoms with van der Waals surface area (Å²) < 4.78 is 32.1. The van der Waals surface area contributed by atoms with Crippen molar-refractivity contribution >= 4 is 11.4 Å². The van der Waals surface area contributed by atoms with Crippen LogP contribution in [-0.4, -0.2) is 12.9 Å². The van der Waals surface area contributed by atoms with Crippen LogP contribution >= 0.6 is 0 Å². The van der Waals surface area contributed by atoms with Crippen molar-refractivity contribution in [3.63, 3.8) is 0 Å². The first-order chi connectivity index (χ1) is 11.1. The van der Waals surface area contributed by atoms with Crippen LogP contribution in [0.1, 0.15) is 29.9 Å². The van der Waals surface area contributed by atoms with E-state index in [0.717, 1.165) is 5.56 Å². The molecule has 0 aromatic heterocycles. The Morgan fingerprint density at radius 3 is 2.43 bits per heavy atom. The number of ketones is 1. The molecule has 0 heterocycles. The van der Waals surface area contributed by atoms with Crippen molar-refractivity contribution < 1.29 is 18.3 Å². The van der Waals surface area contributed by atoms with Gasteiger partial charge in [-0.05, 0) is 54.3 Å². The topological polar surface area (TPSA) is 26.3 Å². The molecule has 3 rings (SSSR count). The summed E-state index contributed by atoms with van der Waals surface area (Å²) in [5.74, 6) is -0.649. The Labute approximate surface area is 133 Å². The fraction of sp³-hybridized carbons (Fsp3) is 0.211. The van der Waals surface area contributed by atoms with E-state index in [4.69, 9.17) is 4.74 Å². The zero-order valence-electron chi connectivity index (χ0n) is 12.7. The lowest BCUT2D eigenvalue weighted by Gasteiger charge is -2.21. The maximum absolute atomic E-state index is 14.1. The highest BCUT2D eigenvalue weighted by Crippen LogP contribution is 2.35. The molecule has 2 nitrogen and oxygen atoms in total. The molecule has 4 heteroatoms. The second kappa shape index (κ2) is 6.32. The van der Waals surface area contributed by atoms with E-state index in [2.05, 4.69) is 0 Å². The number of carbonyl (C=O) groups is 1. The Balaban J connectivity index is 1.86. The number of methoxy groups -OCH3 is 1. The Morgan fingerprint density at radius 2 is 1.83 bits per heavy atom. The van der Waals surface area contributed by atoms with Crippen LogP contribution in [0, 0.1) is 11.6 Å². The van der Waals surface area contributed by atoms with Crippen molar-refractivity contribution in [2.24, 2.45) is 0 Å². The van der Waals surface area contributed by atoms with Gasteiger partial charge >= 0.3 is 0 Å². The largest absolute Gasteiger partial charge is 0.497 e. The minimum absolute atomic E-state index is 0.0759. The molecule has 0 saturated carbocycles. The second-order valence-corrected chi connectivity index (χ2v) is 5.56. The molecule has 0 bridgehead atoms. The summed E-state index contributed by atoms with van der Waals surface area (Å²) in [6.07, 6.45) is 2.68. The van der Waals surface area contributed by atoms with Crippen molar-refractivity contribution in [3.05, 3.63) is 71.3 Å². The standard InChI is InChI=1S/C19H16F2O2/c1-23-15-7-9-16(18(21)11-15)13-4-8-17(19(22)10-13)12-2-5-14(20)6-3-12/h2-3,5-7,9-11,17H,4,8H2,1H3. The van der Waals surface area contributed by atoms with Crippen molar-refractivity contribution in [1.82, 2.24) is 0 Å². The Morgan fingerprint density at radius 1 is 1.09 bits per heavy atom. The molecule has 0 aliphatic heterocycles. The lowest BCUT2D eigenvalue weighted by Crippen LogP contribution is -2.15. The minimum atomic E-state index is -0.399. The van der Waals surface area contributed by atoms with Crippen molar-refractivity contribution in [3.8, 4) is 5.75 Å². The third-order valence-electron chi connectivity index (χ3n) is 4.16. The lowest BCUT2D eigenvalue weighted by atomic mass is 9.81. The number of carbonyl (C=O) groups excluding carboxylic acids is 1. The molecule has 0 amide bonds. The predicted octanol–water partition coefficient (Wildman–Crippen LogP) is 4.50. The summed E-state index contributed by atoms with van der Waals surface area (Å²) in [4.78, 5) is 12.4. The van der Waals surface area contributed by atoms with Gasteiger partial charge in [0.05, 0.1) is 7.11 Å². The molecule has 23 heavy (non-hydrogen) atoms. The van der Waals surface area contributed by atoms with Gasteiger partial charge in [0.15, 0.2) is 5.78 Å². The molecule has 1 unspecified atom stereocenters. The summed E-state index contributed by atoms with van der Waals surface area (Å²) in [5.41, 5.74) is 1.91. The highest BCUT2D eigenvalue weighted by molar-refractivity contribution is 6.02. The van der Waals surface area contributed by atoms with Gasteiger partial charge in [-0.25, -0.2) is 8.78 Å². The molecule has 118 valence electrons. The SMILES string of the molecule is COc1ccc(C2=CC(=O)C(c3ccc(F)cc3)CC2)c(F)c1. The van der Waals surface area contributed by atoms with Crippen LogP contribution in [0.25, 0.3) is 5.57 Å². The molecule has 0 fully saturated rings. The van der Waals surface area contributed by atoms with E-state index in [1.807, 2.05) is 0 Å². The number of hydrogen-bond acceptors (Lipinski definition) is 2. The minimum Gasteiger partial charge on any atom is -0.497 e. The Bertz CT molecular complexity index is 763. The predicted molar refractivity (Wildman–Crippen MR) is 84.3 cm³/mol. The molecule has 2 aromatic rings. The molecule has 1 atom stereocenters.